The molecule has 3 aromatic rings. The number of fused-ring (bicyclic) bond motifs is 1. The molecule has 1 atom stereocenters. The molecule has 2 aliphatic rings. The van der Waals surface area contributed by atoms with Crippen molar-refractivity contribution in [1.82, 2.24) is 30.1 Å². The summed E-state index contributed by atoms with van der Waals surface area (Å²) in [4.78, 5) is 18.8. The zero-order valence-corrected chi connectivity index (χ0v) is 20.8. The Morgan fingerprint density at radius 3 is 2.53 bits per heavy atom. The second kappa shape index (κ2) is 9.98. The van der Waals surface area contributed by atoms with Crippen molar-refractivity contribution in [3.8, 4) is 0 Å². The Morgan fingerprint density at radius 2 is 1.79 bits per heavy atom. The molecule has 2 aromatic heterocycles. The minimum atomic E-state index is 0.00808. The topological polar surface area (TPSA) is 79.7 Å². The van der Waals surface area contributed by atoms with Crippen molar-refractivity contribution < 1.29 is 0 Å². The predicted octanol–water partition coefficient (Wildman–Crippen LogP) is 5.47. The summed E-state index contributed by atoms with van der Waals surface area (Å²) in [7, 11) is 0. The van der Waals surface area contributed by atoms with E-state index in [0.29, 0.717) is 24.5 Å². The summed E-state index contributed by atoms with van der Waals surface area (Å²) < 4.78 is 2.12. The Labute approximate surface area is 201 Å². The van der Waals surface area contributed by atoms with Crippen LogP contribution in [0.4, 0.5) is 0 Å². The molecule has 1 unspecified atom stereocenters. The molecule has 1 aromatic carbocycles. The maximum Gasteiger partial charge on any atom is 0.252 e. The smallest absolute Gasteiger partial charge is 0.252 e. The number of aryl methyl sites for hydroxylation is 1. The van der Waals surface area contributed by atoms with Gasteiger partial charge in [0.2, 0.25) is 0 Å². The molecule has 2 aliphatic carbocycles. The first-order chi connectivity index (χ1) is 16.5. The highest BCUT2D eigenvalue weighted by molar-refractivity contribution is 5.79. The van der Waals surface area contributed by atoms with E-state index in [1.807, 2.05) is 12.1 Å². The summed E-state index contributed by atoms with van der Waals surface area (Å²) in [5, 5.41) is 14.3. The molecule has 0 bridgehead atoms. The quantitative estimate of drug-likeness (QED) is 0.504. The minimum absolute atomic E-state index is 0.00808. The maximum absolute atomic E-state index is 13.1. The number of benzene rings is 1. The highest BCUT2D eigenvalue weighted by Gasteiger charge is 2.36. The molecule has 5 rings (SSSR count). The highest BCUT2D eigenvalue weighted by atomic mass is 16.1. The summed E-state index contributed by atoms with van der Waals surface area (Å²) in [5.41, 5.74) is 2.93. The number of H-pyrrole nitrogens is 1. The highest BCUT2D eigenvalue weighted by Crippen LogP contribution is 2.38. The molecule has 0 aliphatic heterocycles. The van der Waals surface area contributed by atoms with E-state index in [1.54, 1.807) is 0 Å². The first-order valence-electron chi connectivity index (χ1n) is 13.2. The van der Waals surface area contributed by atoms with Crippen LogP contribution in [0.1, 0.15) is 101 Å². The van der Waals surface area contributed by atoms with Crippen LogP contribution in [-0.4, -0.2) is 36.1 Å². The number of tetrazole rings is 1. The van der Waals surface area contributed by atoms with Crippen LogP contribution in [0.5, 0.6) is 0 Å². The van der Waals surface area contributed by atoms with Crippen LogP contribution in [0.25, 0.3) is 10.9 Å². The Bertz CT molecular complexity index is 1170. The standard InChI is InChI=1S/C27H38N6O/c1-18(2)25(26-29-30-31-33(26)23-11-5-4-6-12-23)32(22-9-7-8-10-22)17-21-16-20-15-19(3)13-14-24(20)28-27(21)34/h13-16,18,22-23,25H,4-12,17H2,1-3H3,(H,28,34). The fraction of sp³-hybridized carbons (Fsp3) is 0.630. The van der Waals surface area contributed by atoms with Crippen LogP contribution in [-0.2, 0) is 6.54 Å². The third kappa shape index (κ3) is 4.67. The largest absolute Gasteiger partial charge is 0.322 e. The molecule has 2 fully saturated rings. The first kappa shape index (κ1) is 23.2. The molecule has 2 saturated carbocycles. The molecule has 2 heterocycles. The number of rotatable bonds is 7. The SMILES string of the molecule is Cc1ccc2[nH]c(=O)c(CN(C3CCCC3)C(c3nnnn3C3CCCCC3)C(C)C)cc2c1. The first-order valence-corrected chi connectivity index (χ1v) is 13.2. The van der Waals surface area contributed by atoms with Crippen molar-refractivity contribution in [3.63, 3.8) is 0 Å². The van der Waals surface area contributed by atoms with Gasteiger partial charge in [0, 0.05) is 23.7 Å². The number of pyridine rings is 1. The van der Waals surface area contributed by atoms with E-state index in [-0.39, 0.29) is 11.6 Å². The Balaban J connectivity index is 1.54. The van der Waals surface area contributed by atoms with Gasteiger partial charge in [0.05, 0.1) is 12.1 Å². The third-order valence-corrected chi connectivity index (χ3v) is 7.92. The van der Waals surface area contributed by atoms with Gasteiger partial charge in [-0.25, -0.2) is 4.68 Å². The van der Waals surface area contributed by atoms with E-state index in [2.05, 4.69) is 63.0 Å². The fourth-order valence-corrected chi connectivity index (χ4v) is 6.19. The van der Waals surface area contributed by atoms with Crippen molar-refractivity contribution in [1.29, 1.82) is 0 Å². The van der Waals surface area contributed by atoms with Gasteiger partial charge in [0.25, 0.3) is 5.56 Å². The lowest BCUT2D eigenvalue weighted by molar-refractivity contribution is 0.0815. The number of aromatic amines is 1. The van der Waals surface area contributed by atoms with Crippen molar-refractivity contribution in [2.45, 2.75) is 103 Å². The minimum Gasteiger partial charge on any atom is -0.322 e. The number of aromatic nitrogens is 5. The van der Waals surface area contributed by atoms with Crippen molar-refractivity contribution >= 4 is 10.9 Å². The van der Waals surface area contributed by atoms with Crippen molar-refractivity contribution in [3.05, 3.63) is 51.6 Å². The molecule has 34 heavy (non-hydrogen) atoms. The van der Waals surface area contributed by atoms with Crippen molar-refractivity contribution in [2.75, 3.05) is 0 Å². The number of nitrogens with one attached hydrogen (secondary N) is 1. The van der Waals surface area contributed by atoms with Crippen molar-refractivity contribution in [2.24, 2.45) is 5.92 Å². The number of nitrogens with zero attached hydrogens (tertiary/aromatic N) is 5. The van der Waals surface area contributed by atoms with E-state index in [1.165, 1.54) is 50.5 Å². The third-order valence-electron chi connectivity index (χ3n) is 7.92. The molecule has 0 radical (unpaired) electrons. The van der Waals surface area contributed by atoms with Crippen LogP contribution >= 0.6 is 0 Å². The summed E-state index contributed by atoms with van der Waals surface area (Å²) in [6, 6.07) is 9.19. The van der Waals surface area contributed by atoms with Gasteiger partial charge in [-0.3, -0.25) is 9.69 Å². The van der Waals surface area contributed by atoms with E-state index in [9.17, 15) is 4.79 Å². The van der Waals surface area contributed by atoms with Gasteiger partial charge in [0.15, 0.2) is 5.82 Å². The van der Waals surface area contributed by atoms with Gasteiger partial charge in [-0.15, -0.1) is 5.10 Å². The van der Waals surface area contributed by atoms with Gasteiger partial charge in [-0.05, 0) is 72.5 Å². The van der Waals surface area contributed by atoms with E-state index in [4.69, 9.17) is 0 Å². The average Bonchev–Trinajstić information content (AvgIpc) is 3.52. The lowest BCUT2D eigenvalue weighted by atomic mass is 9.94. The lowest BCUT2D eigenvalue weighted by Crippen LogP contribution is -2.41. The van der Waals surface area contributed by atoms with Crippen LogP contribution in [0.2, 0.25) is 0 Å². The van der Waals surface area contributed by atoms with E-state index >= 15 is 0 Å². The van der Waals surface area contributed by atoms with Crippen LogP contribution in [0.3, 0.4) is 0 Å². The van der Waals surface area contributed by atoms with E-state index < -0.39 is 0 Å². The Morgan fingerprint density at radius 1 is 1.06 bits per heavy atom. The summed E-state index contributed by atoms with van der Waals surface area (Å²) in [5.74, 6) is 1.30. The predicted molar refractivity (Wildman–Crippen MR) is 135 cm³/mol. The summed E-state index contributed by atoms with van der Waals surface area (Å²) in [6.07, 6.45) is 10.9. The summed E-state index contributed by atoms with van der Waals surface area (Å²) in [6.45, 7) is 7.24. The molecule has 0 spiro atoms. The van der Waals surface area contributed by atoms with Gasteiger partial charge < -0.3 is 4.98 Å². The Kier molecular flexibility index (Phi) is 6.82. The van der Waals surface area contributed by atoms with E-state index in [0.717, 1.165) is 35.1 Å². The number of hydrogen-bond acceptors (Lipinski definition) is 5. The molecule has 0 amide bonds. The molecular formula is C27H38N6O. The normalized spacial score (nSPS) is 19.0. The maximum atomic E-state index is 13.1. The molecule has 7 heteroatoms. The fourth-order valence-electron chi connectivity index (χ4n) is 6.19. The van der Waals surface area contributed by atoms with Crippen LogP contribution in [0, 0.1) is 12.8 Å². The van der Waals surface area contributed by atoms with Gasteiger partial charge in [0.1, 0.15) is 0 Å². The van der Waals surface area contributed by atoms with Crippen LogP contribution in [0.15, 0.2) is 29.1 Å². The summed E-state index contributed by atoms with van der Waals surface area (Å²) >= 11 is 0. The second-order valence-corrected chi connectivity index (χ2v) is 10.8. The molecule has 7 nitrogen and oxygen atoms in total. The molecule has 182 valence electrons. The monoisotopic (exact) mass is 462 g/mol. The second-order valence-electron chi connectivity index (χ2n) is 10.8. The number of hydrogen-bond donors (Lipinski definition) is 1. The molecule has 1 N–H and O–H groups in total. The van der Waals surface area contributed by atoms with Gasteiger partial charge in [-0.1, -0.05) is 57.6 Å². The van der Waals surface area contributed by atoms with Gasteiger partial charge in [-0.2, -0.15) is 0 Å². The lowest BCUT2D eigenvalue weighted by Gasteiger charge is -2.38. The molecule has 0 saturated heterocycles. The van der Waals surface area contributed by atoms with Gasteiger partial charge >= 0.3 is 0 Å². The molecular weight excluding hydrogens is 424 g/mol. The zero-order chi connectivity index (χ0) is 23.7. The average molecular weight is 463 g/mol. The van der Waals surface area contributed by atoms with Crippen LogP contribution < -0.4 is 5.56 Å². The zero-order valence-electron chi connectivity index (χ0n) is 20.8. The Hall–Kier alpha value is -2.54.